The highest BCUT2D eigenvalue weighted by Gasteiger charge is 2.07. The summed E-state index contributed by atoms with van der Waals surface area (Å²) in [5.41, 5.74) is 3.22. The molecule has 0 N–H and O–H groups in total. The van der Waals surface area contributed by atoms with Crippen LogP contribution in [0.3, 0.4) is 0 Å². The average molecular weight is 254 g/mol. The van der Waals surface area contributed by atoms with Gasteiger partial charge in [-0.25, -0.2) is 4.98 Å². The van der Waals surface area contributed by atoms with Crippen LogP contribution in [0.5, 0.6) is 0 Å². The van der Waals surface area contributed by atoms with Crippen molar-refractivity contribution >= 4 is 11.6 Å². The number of anilines is 1. The summed E-state index contributed by atoms with van der Waals surface area (Å²) in [6.45, 7) is 4.45. The lowest BCUT2D eigenvalue weighted by molar-refractivity contribution is 0.101. The zero-order chi connectivity index (χ0) is 13.8. The molecule has 1 aromatic heterocycles. The summed E-state index contributed by atoms with van der Waals surface area (Å²) < 4.78 is 0. The third-order valence-corrected chi connectivity index (χ3v) is 3.21. The molecule has 0 aliphatic heterocycles. The molecule has 3 heteroatoms. The predicted octanol–water partition coefficient (Wildman–Crippen LogP) is 3.23. The minimum Gasteiger partial charge on any atom is -0.355 e. The highest BCUT2D eigenvalue weighted by atomic mass is 16.1. The van der Waals surface area contributed by atoms with Gasteiger partial charge in [0, 0.05) is 25.4 Å². The standard InChI is InChI=1S/C16H18N2O/c1-12-6-4-5-7-15(12)11-18(3)16-10-14(13(2)19)8-9-17-16/h4-10H,11H2,1-3H3. The van der Waals surface area contributed by atoms with E-state index in [-0.39, 0.29) is 5.78 Å². The largest absolute Gasteiger partial charge is 0.355 e. The van der Waals surface area contributed by atoms with Crippen molar-refractivity contribution in [3.05, 3.63) is 59.3 Å². The van der Waals surface area contributed by atoms with Crippen LogP contribution in [0, 0.1) is 6.92 Å². The van der Waals surface area contributed by atoms with Crippen molar-refractivity contribution in [1.82, 2.24) is 4.98 Å². The first-order chi connectivity index (χ1) is 9.08. The fourth-order valence-corrected chi connectivity index (χ4v) is 1.97. The van der Waals surface area contributed by atoms with Gasteiger partial charge in [0.2, 0.25) is 0 Å². The van der Waals surface area contributed by atoms with E-state index < -0.39 is 0 Å². The number of carbonyl (C=O) groups is 1. The Kier molecular flexibility index (Phi) is 3.95. The molecule has 2 aromatic rings. The second-order valence-electron chi connectivity index (χ2n) is 4.74. The minimum atomic E-state index is 0.0629. The van der Waals surface area contributed by atoms with Crippen molar-refractivity contribution in [2.24, 2.45) is 0 Å². The lowest BCUT2D eigenvalue weighted by Crippen LogP contribution is -2.18. The Balaban J connectivity index is 2.20. The van der Waals surface area contributed by atoms with Crippen molar-refractivity contribution in [2.75, 3.05) is 11.9 Å². The summed E-state index contributed by atoms with van der Waals surface area (Å²) in [4.78, 5) is 17.8. The van der Waals surface area contributed by atoms with E-state index in [4.69, 9.17) is 0 Å². The molecule has 1 aromatic carbocycles. The van der Waals surface area contributed by atoms with E-state index in [1.165, 1.54) is 11.1 Å². The number of aromatic nitrogens is 1. The number of hydrogen-bond acceptors (Lipinski definition) is 3. The van der Waals surface area contributed by atoms with Crippen LogP contribution in [0.1, 0.15) is 28.4 Å². The molecule has 0 aliphatic rings. The van der Waals surface area contributed by atoms with Crippen molar-refractivity contribution < 1.29 is 4.79 Å². The Morgan fingerprint density at radius 2 is 2.00 bits per heavy atom. The molecule has 0 amide bonds. The van der Waals surface area contributed by atoms with Crippen LogP contribution in [0.15, 0.2) is 42.6 Å². The second-order valence-corrected chi connectivity index (χ2v) is 4.74. The van der Waals surface area contributed by atoms with Gasteiger partial charge < -0.3 is 4.90 Å². The molecule has 0 fully saturated rings. The number of ketones is 1. The SMILES string of the molecule is CC(=O)c1ccnc(N(C)Cc2ccccc2C)c1. The van der Waals surface area contributed by atoms with Gasteiger partial charge in [-0.2, -0.15) is 0 Å². The van der Waals surface area contributed by atoms with Gasteiger partial charge in [0.25, 0.3) is 0 Å². The van der Waals surface area contributed by atoms with E-state index in [0.717, 1.165) is 12.4 Å². The van der Waals surface area contributed by atoms with Crippen LogP contribution in [-0.2, 0) is 6.54 Å². The Bertz CT molecular complexity index is 593. The minimum absolute atomic E-state index is 0.0629. The second kappa shape index (κ2) is 5.65. The monoisotopic (exact) mass is 254 g/mol. The molecule has 0 saturated carbocycles. The van der Waals surface area contributed by atoms with Gasteiger partial charge in [-0.15, -0.1) is 0 Å². The molecule has 0 spiro atoms. The topological polar surface area (TPSA) is 33.2 Å². The molecule has 0 radical (unpaired) electrons. The number of carbonyl (C=O) groups excluding carboxylic acids is 1. The third-order valence-electron chi connectivity index (χ3n) is 3.21. The first-order valence-corrected chi connectivity index (χ1v) is 6.30. The van der Waals surface area contributed by atoms with Crippen LogP contribution in [0.2, 0.25) is 0 Å². The Morgan fingerprint density at radius 3 is 2.68 bits per heavy atom. The fraction of sp³-hybridized carbons (Fsp3) is 0.250. The van der Waals surface area contributed by atoms with Gasteiger partial charge in [0.15, 0.2) is 5.78 Å². The first kappa shape index (κ1) is 13.3. The number of rotatable bonds is 4. The average Bonchev–Trinajstić information content (AvgIpc) is 2.41. The van der Waals surface area contributed by atoms with Gasteiger partial charge in [-0.1, -0.05) is 24.3 Å². The molecular weight excluding hydrogens is 236 g/mol. The molecular formula is C16H18N2O. The van der Waals surface area contributed by atoms with Gasteiger partial charge >= 0.3 is 0 Å². The number of pyridine rings is 1. The zero-order valence-corrected chi connectivity index (χ0v) is 11.6. The number of hydrogen-bond donors (Lipinski definition) is 0. The van der Waals surface area contributed by atoms with E-state index in [0.29, 0.717) is 5.56 Å². The summed E-state index contributed by atoms with van der Waals surface area (Å²) in [5.74, 6) is 0.879. The van der Waals surface area contributed by atoms with Gasteiger partial charge in [-0.05, 0) is 37.1 Å². The lowest BCUT2D eigenvalue weighted by atomic mass is 10.1. The molecule has 98 valence electrons. The maximum atomic E-state index is 11.4. The molecule has 2 rings (SSSR count). The molecule has 0 aliphatic carbocycles. The van der Waals surface area contributed by atoms with Crippen LogP contribution >= 0.6 is 0 Å². The summed E-state index contributed by atoms with van der Waals surface area (Å²) in [5, 5.41) is 0. The summed E-state index contributed by atoms with van der Waals surface area (Å²) in [7, 11) is 1.98. The maximum absolute atomic E-state index is 11.4. The van der Waals surface area contributed by atoms with E-state index in [1.54, 1.807) is 19.2 Å². The number of benzene rings is 1. The molecule has 3 nitrogen and oxygen atoms in total. The quantitative estimate of drug-likeness (QED) is 0.785. The first-order valence-electron chi connectivity index (χ1n) is 6.30. The highest BCUT2D eigenvalue weighted by molar-refractivity contribution is 5.94. The van der Waals surface area contributed by atoms with Crippen molar-refractivity contribution in [2.45, 2.75) is 20.4 Å². The predicted molar refractivity (Wildman–Crippen MR) is 77.5 cm³/mol. The van der Waals surface area contributed by atoms with Crippen LogP contribution < -0.4 is 4.90 Å². The molecule has 1 heterocycles. The normalized spacial score (nSPS) is 10.3. The number of nitrogens with zero attached hydrogens (tertiary/aromatic N) is 2. The zero-order valence-electron chi connectivity index (χ0n) is 11.6. The van der Waals surface area contributed by atoms with Crippen LogP contribution in [0.4, 0.5) is 5.82 Å². The van der Waals surface area contributed by atoms with Crippen molar-refractivity contribution in [3.63, 3.8) is 0 Å². The van der Waals surface area contributed by atoms with E-state index >= 15 is 0 Å². The van der Waals surface area contributed by atoms with E-state index in [1.807, 2.05) is 25.2 Å². The number of Topliss-reactive ketones (excluding diaryl/α,β-unsaturated/α-hetero) is 1. The molecule has 0 bridgehead atoms. The van der Waals surface area contributed by atoms with Crippen LogP contribution in [-0.4, -0.2) is 17.8 Å². The Labute approximate surface area is 113 Å². The summed E-state index contributed by atoms with van der Waals surface area (Å²) in [6.07, 6.45) is 1.68. The van der Waals surface area contributed by atoms with Gasteiger partial charge in [0.05, 0.1) is 0 Å². The third kappa shape index (κ3) is 3.19. The maximum Gasteiger partial charge on any atom is 0.159 e. The smallest absolute Gasteiger partial charge is 0.159 e. The fourth-order valence-electron chi connectivity index (χ4n) is 1.97. The van der Waals surface area contributed by atoms with E-state index in [9.17, 15) is 4.79 Å². The van der Waals surface area contributed by atoms with Gasteiger partial charge in [0.1, 0.15) is 5.82 Å². The summed E-state index contributed by atoms with van der Waals surface area (Å²) >= 11 is 0. The van der Waals surface area contributed by atoms with E-state index in [2.05, 4.69) is 28.9 Å². The summed E-state index contributed by atoms with van der Waals surface area (Å²) in [6, 6.07) is 11.9. The Morgan fingerprint density at radius 1 is 1.26 bits per heavy atom. The Hall–Kier alpha value is -2.16. The lowest BCUT2D eigenvalue weighted by Gasteiger charge is -2.19. The molecule has 0 saturated heterocycles. The molecule has 0 unspecified atom stereocenters. The van der Waals surface area contributed by atoms with Crippen LogP contribution in [0.25, 0.3) is 0 Å². The van der Waals surface area contributed by atoms with Crippen molar-refractivity contribution in [1.29, 1.82) is 0 Å². The van der Waals surface area contributed by atoms with Crippen molar-refractivity contribution in [3.8, 4) is 0 Å². The number of aryl methyl sites for hydroxylation is 1. The molecule has 0 atom stereocenters. The van der Waals surface area contributed by atoms with Gasteiger partial charge in [-0.3, -0.25) is 4.79 Å². The highest BCUT2D eigenvalue weighted by Crippen LogP contribution is 2.16. The molecule has 19 heavy (non-hydrogen) atoms.